The van der Waals surface area contributed by atoms with E-state index in [-0.39, 0.29) is 0 Å². The van der Waals surface area contributed by atoms with Crippen molar-refractivity contribution in [2.75, 3.05) is 0 Å². The summed E-state index contributed by atoms with van der Waals surface area (Å²) in [6, 6.07) is 23.2. The number of carboxylic acids is 1. The minimum atomic E-state index is -0.858. The normalized spacial score (nSPS) is 12.0. The number of hydrogen-bond donors (Lipinski definition) is 3. The second kappa shape index (κ2) is 9.49. The number of carboxylic acid groups (broad SMARTS) is 1. The fourth-order valence-corrected chi connectivity index (χ4v) is 3.64. The molecule has 0 spiro atoms. The molecular formula is C26H26N2O3. The quantitative estimate of drug-likeness (QED) is 0.366. The van der Waals surface area contributed by atoms with E-state index in [2.05, 4.69) is 29.4 Å². The largest absolute Gasteiger partial charge is 0.489 e. The third-order valence-electron chi connectivity index (χ3n) is 5.53. The van der Waals surface area contributed by atoms with Gasteiger partial charge in [-0.05, 0) is 47.4 Å². The summed E-state index contributed by atoms with van der Waals surface area (Å²) in [4.78, 5) is 15.0. The van der Waals surface area contributed by atoms with Gasteiger partial charge in [0.05, 0.1) is 0 Å². The molecule has 0 unspecified atom stereocenters. The molecule has 4 rings (SSSR count). The summed E-state index contributed by atoms with van der Waals surface area (Å²) in [5.41, 5.74) is 5.39. The van der Waals surface area contributed by atoms with Crippen LogP contribution in [0.2, 0.25) is 0 Å². The molecule has 4 aromatic rings. The van der Waals surface area contributed by atoms with Gasteiger partial charge in [0.2, 0.25) is 0 Å². The van der Waals surface area contributed by atoms with E-state index in [1.54, 1.807) is 0 Å². The van der Waals surface area contributed by atoms with Crippen LogP contribution < -0.4 is 10.1 Å². The maximum absolute atomic E-state index is 11.8. The Morgan fingerprint density at radius 1 is 1.00 bits per heavy atom. The van der Waals surface area contributed by atoms with Crippen molar-refractivity contribution in [3.63, 3.8) is 0 Å². The topological polar surface area (TPSA) is 74.3 Å². The number of rotatable bonds is 9. The molecule has 5 heteroatoms. The summed E-state index contributed by atoms with van der Waals surface area (Å²) in [5.74, 6) is -0.0657. The number of hydrogen-bond acceptors (Lipinski definition) is 3. The third-order valence-corrected chi connectivity index (χ3v) is 5.53. The van der Waals surface area contributed by atoms with Crippen LogP contribution in [0.1, 0.15) is 22.3 Å². The zero-order valence-corrected chi connectivity index (χ0v) is 17.5. The number of carbonyl (C=O) groups is 1. The van der Waals surface area contributed by atoms with Crippen LogP contribution in [-0.4, -0.2) is 22.1 Å². The van der Waals surface area contributed by atoms with Crippen molar-refractivity contribution < 1.29 is 14.6 Å². The highest BCUT2D eigenvalue weighted by Gasteiger charge is 2.19. The van der Waals surface area contributed by atoms with Crippen molar-refractivity contribution in [2.24, 2.45) is 0 Å². The third kappa shape index (κ3) is 5.13. The number of aromatic amines is 1. The number of ether oxygens (including phenoxy) is 1. The van der Waals surface area contributed by atoms with Crippen LogP contribution in [0.25, 0.3) is 10.9 Å². The number of fused-ring (bicyclic) bond motifs is 1. The van der Waals surface area contributed by atoms with E-state index >= 15 is 0 Å². The van der Waals surface area contributed by atoms with Gasteiger partial charge in [0, 0.05) is 30.1 Å². The van der Waals surface area contributed by atoms with Crippen LogP contribution >= 0.6 is 0 Å². The van der Waals surface area contributed by atoms with Gasteiger partial charge in [-0.25, -0.2) is 0 Å². The molecule has 31 heavy (non-hydrogen) atoms. The molecule has 1 atom stereocenters. The average molecular weight is 415 g/mol. The van der Waals surface area contributed by atoms with E-state index in [0.29, 0.717) is 19.6 Å². The molecule has 158 valence electrons. The molecule has 3 N–H and O–H groups in total. The van der Waals surface area contributed by atoms with Gasteiger partial charge in [0.15, 0.2) is 0 Å². The first-order valence-electron chi connectivity index (χ1n) is 10.4. The number of aromatic nitrogens is 1. The van der Waals surface area contributed by atoms with Gasteiger partial charge in [-0.15, -0.1) is 0 Å². The molecule has 0 fully saturated rings. The van der Waals surface area contributed by atoms with Crippen molar-refractivity contribution in [3.8, 4) is 5.75 Å². The van der Waals surface area contributed by atoms with Crippen molar-refractivity contribution in [1.82, 2.24) is 10.3 Å². The van der Waals surface area contributed by atoms with E-state index in [4.69, 9.17) is 4.74 Å². The van der Waals surface area contributed by atoms with Crippen LogP contribution in [0.15, 0.2) is 79.0 Å². The first-order chi connectivity index (χ1) is 15.1. The van der Waals surface area contributed by atoms with E-state index in [1.165, 1.54) is 5.56 Å². The Labute approximate surface area is 181 Å². The Kier molecular flexibility index (Phi) is 6.34. The summed E-state index contributed by atoms with van der Waals surface area (Å²) >= 11 is 0. The Hall–Kier alpha value is -3.57. The number of para-hydroxylation sites is 1. The number of benzene rings is 3. The number of nitrogens with one attached hydrogen (secondary N) is 2. The highest BCUT2D eigenvalue weighted by Crippen LogP contribution is 2.20. The van der Waals surface area contributed by atoms with Gasteiger partial charge >= 0.3 is 5.97 Å². The summed E-state index contributed by atoms with van der Waals surface area (Å²) in [7, 11) is 0. The zero-order chi connectivity index (χ0) is 21.6. The van der Waals surface area contributed by atoms with Crippen LogP contribution in [0.3, 0.4) is 0 Å². The number of aryl methyl sites for hydroxylation is 1. The van der Waals surface area contributed by atoms with Crippen molar-refractivity contribution in [2.45, 2.75) is 32.5 Å². The molecule has 0 aliphatic rings. The predicted octanol–water partition coefficient (Wildman–Crippen LogP) is 4.84. The second-order valence-corrected chi connectivity index (χ2v) is 7.69. The van der Waals surface area contributed by atoms with Crippen LogP contribution in [0.4, 0.5) is 0 Å². The lowest BCUT2D eigenvalue weighted by Crippen LogP contribution is -2.38. The van der Waals surface area contributed by atoms with Gasteiger partial charge in [0.1, 0.15) is 18.4 Å². The molecule has 0 aliphatic carbocycles. The van der Waals surface area contributed by atoms with Crippen molar-refractivity contribution >= 4 is 16.9 Å². The summed E-state index contributed by atoms with van der Waals surface area (Å²) in [5, 5.41) is 13.9. The average Bonchev–Trinajstić information content (AvgIpc) is 3.19. The van der Waals surface area contributed by atoms with E-state index < -0.39 is 12.0 Å². The van der Waals surface area contributed by atoms with Crippen molar-refractivity contribution in [1.29, 1.82) is 0 Å². The van der Waals surface area contributed by atoms with Gasteiger partial charge in [-0.2, -0.15) is 0 Å². The van der Waals surface area contributed by atoms with E-state index in [1.807, 2.05) is 66.9 Å². The molecule has 5 nitrogen and oxygen atoms in total. The molecule has 1 aromatic heterocycles. The van der Waals surface area contributed by atoms with E-state index in [9.17, 15) is 9.90 Å². The molecule has 3 aromatic carbocycles. The molecule has 0 bridgehead atoms. The Balaban J connectivity index is 1.34. The standard InChI is InChI=1S/C26H26N2O3/c1-18-6-2-3-7-20(18)17-31-22-12-10-19(11-13-22)15-27-25(26(29)30)14-21-16-28-24-9-5-4-8-23(21)24/h2-13,16,25,27-28H,14-15,17H2,1H3,(H,29,30)/t25-/m1/s1. The fraction of sp³-hybridized carbons (Fsp3) is 0.192. The lowest BCUT2D eigenvalue weighted by molar-refractivity contribution is -0.139. The molecule has 0 saturated carbocycles. The monoisotopic (exact) mass is 414 g/mol. The number of aliphatic carboxylic acids is 1. The Morgan fingerprint density at radius 2 is 1.74 bits per heavy atom. The second-order valence-electron chi connectivity index (χ2n) is 7.69. The van der Waals surface area contributed by atoms with E-state index in [0.717, 1.165) is 33.3 Å². The SMILES string of the molecule is Cc1ccccc1COc1ccc(CN[C@H](Cc2c[nH]c3ccccc23)C(=O)O)cc1. The van der Waals surface area contributed by atoms with Gasteiger partial charge < -0.3 is 20.1 Å². The minimum Gasteiger partial charge on any atom is -0.489 e. The summed E-state index contributed by atoms with van der Waals surface area (Å²) in [6.07, 6.45) is 2.31. The molecule has 0 radical (unpaired) electrons. The Bertz CT molecular complexity index is 1160. The maximum atomic E-state index is 11.8. The lowest BCUT2D eigenvalue weighted by atomic mass is 10.0. The lowest BCUT2D eigenvalue weighted by Gasteiger charge is -2.15. The fourth-order valence-electron chi connectivity index (χ4n) is 3.64. The molecular weight excluding hydrogens is 388 g/mol. The zero-order valence-electron chi connectivity index (χ0n) is 17.5. The highest BCUT2D eigenvalue weighted by atomic mass is 16.5. The summed E-state index contributed by atoms with van der Waals surface area (Å²) < 4.78 is 5.88. The minimum absolute atomic E-state index is 0.414. The smallest absolute Gasteiger partial charge is 0.321 e. The van der Waals surface area contributed by atoms with Crippen molar-refractivity contribution in [3.05, 3.63) is 101 Å². The first-order valence-corrected chi connectivity index (χ1v) is 10.4. The molecule has 0 aliphatic heterocycles. The van der Waals surface area contributed by atoms with Crippen LogP contribution in [-0.2, 0) is 24.4 Å². The maximum Gasteiger partial charge on any atom is 0.321 e. The van der Waals surface area contributed by atoms with Crippen LogP contribution in [0.5, 0.6) is 5.75 Å². The summed E-state index contributed by atoms with van der Waals surface area (Å²) in [6.45, 7) is 3.07. The molecule has 1 heterocycles. The molecule has 0 saturated heterocycles. The van der Waals surface area contributed by atoms with Gasteiger partial charge in [-0.3, -0.25) is 4.79 Å². The number of H-pyrrole nitrogens is 1. The highest BCUT2D eigenvalue weighted by molar-refractivity contribution is 5.84. The predicted molar refractivity (Wildman–Crippen MR) is 122 cm³/mol. The Morgan fingerprint density at radius 3 is 2.52 bits per heavy atom. The van der Waals surface area contributed by atoms with Gasteiger partial charge in [0.25, 0.3) is 0 Å². The van der Waals surface area contributed by atoms with Crippen LogP contribution in [0, 0.1) is 6.92 Å². The molecule has 0 amide bonds. The first kappa shape index (κ1) is 20.7. The van der Waals surface area contributed by atoms with Gasteiger partial charge in [-0.1, -0.05) is 54.6 Å².